The molecule has 1 aliphatic rings. The van der Waals surface area contributed by atoms with Crippen LogP contribution in [0.15, 0.2) is 46.9 Å². The predicted molar refractivity (Wildman–Crippen MR) is 89.7 cm³/mol. The van der Waals surface area contributed by atoms with Gasteiger partial charge in [0.05, 0.1) is 16.2 Å². The zero-order valence-corrected chi connectivity index (χ0v) is 14.3. The van der Waals surface area contributed by atoms with Crippen LogP contribution in [0.2, 0.25) is 0 Å². The van der Waals surface area contributed by atoms with E-state index in [1.165, 1.54) is 24.8 Å². The minimum atomic E-state index is -3.34. The second-order valence-corrected chi connectivity index (χ2v) is 8.08. The Morgan fingerprint density at radius 1 is 1.18 bits per heavy atom. The van der Waals surface area contributed by atoms with Crippen molar-refractivity contribution in [2.24, 2.45) is 0 Å². The van der Waals surface area contributed by atoms with Crippen LogP contribution in [0.5, 0.6) is 0 Å². The molecule has 1 aromatic rings. The number of sulfone groups is 1. The summed E-state index contributed by atoms with van der Waals surface area (Å²) < 4.78 is 31.1. The predicted octanol–water partition coefficient (Wildman–Crippen LogP) is 4.14. The summed E-state index contributed by atoms with van der Waals surface area (Å²) in [6.45, 7) is 2.19. The van der Waals surface area contributed by atoms with E-state index in [1.807, 2.05) is 12.1 Å². The first kappa shape index (κ1) is 17.2. The molecule has 0 N–H and O–H groups in total. The third-order valence-corrected chi connectivity index (χ3v) is 6.59. The van der Waals surface area contributed by atoms with E-state index in [9.17, 15) is 8.42 Å². The van der Waals surface area contributed by atoms with Crippen LogP contribution in [0, 0.1) is 0 Å². The van der Waals surface area contributed by atoms with Gasteiger partial charge in [-0.1, -0.05) is 49.6 Å². The van der Waals surface area contributed by atoms with Crippen LogP contribution in [0.25, 0.3) is 0 Å². The maximum Gasteiger partial charge on any atom is 0.184 e. The SMILES string of the molecule is CCCCCC1=C[C@H](OC)[C@H](S(=O)(=O)c2ccccc2)CC1. The molecule has 1 aromatic carbocycles. The highest BCUT2D eigenvalue weighted by molar-refractivity contribution is 7.92. The second-order valence-electron chi connectivity index (χ2n) is 5.92. The highest BCUT2D eigenvalue weighted by Crippen LogP contribution is 2.31. The first-order valence-corrected chi connectivity index (χ1v) is 9.65. The average molecular weight is 322 g/mol. The van der Waals surface area contributed by atoms with Crippen molar-refractivity contribution in [2.45, 2.75) is 61.7 Å². The summed E-state index contributed by atoms with van der Waals surface area (Å²) in [6, 6.07) is 8.71. The topological polar surface area (TPSA) is 43.4 Å². The molecule has 0 aromatic heterocycles. The summed E-state index contributed by atoms with van der Waals surface area (Å²) in [7, 11) is -1.74. The minimum absolute atomic E-state index is 0.337. The summed E-state index contributed by atoms with van der Waals surface area (Å²) in [6.07, 6.45) is 7.88. The summed E-state index contributed by atoms with van der Waals surface area (Å²) in [4.78, 5) is 0.393. The molecule has 3 nitrogen and oxygen atoms in total. The van der Waals surface area contributed by atoms with Crippen molar-refractivity contribution in [1.82, 2.24) is 0 Å². The first-order chi connectivity index (χ1) is 10.6. The van der Waals surface area contributed by atoms with Gasteiger partial charge in [0.25, 0.3) is 0 Å². The molecular weight excluding hydrogens is 296 g/mol. The minimum Gasteiger partial charge on any atom is -0.376 e. The molecule has 0 spiro atoms. The molecule has 2 atom stereocenters. The van der Waals surface area contributed by atoms with Crippen molar-refractivity contribution in [2.75, 3.05) is 7.11 Å². The Balaban J connectivity index is 2.16. The fourth-order valence-electron chi connectivity index (χ4n) is 3.06. The lowest BCUT2D eigenvalue weighted by Gasteiger charge is -2.29. The molecular formula is C18H26O3S. The lowest BCUT2D eigenvalue weighted by atomic mass is 9.93. The van der Waals surface area contributed by atoms with Gasteiger partial charge in [0, 0.05) is 7.11 Å². The molecule has 0 saturated heterocycles. The van der Waals surface area contributed by atoms with Crippen molar-refractivity contribution < 1.29 is 13.2 Å². The number of ether oxygens (including phenoxy) is 1. The highest BCUT2D eigenvalue weighted by atomic mass is 32.2. The van der Waals surface area contributed by atoms with Gasteiger partial charge in [-0.15, -0.1) is 0 Å². The number of rotatable bonds is 7. The molecule has 122 valence electrons. The molecule has 4 heteroatoms. The Bertz CT molecular complexity index is 590. The zero-order chi connectivity index (χ0) is 16.0. The fraction of sp³-hybridized carbons (Fsp3) is 0.556. The molecule has 0 unspecified atom stereocenters. The quantitative estimate of drug-likeness (QED) is 0.559. The van der Waals surface area contributed by atoms with Crippen molar-refractivity contribution in [3.8, 4) is 0 Å². The largest absolute Gasteiger partial charge is 0.376 e. The lowest BCUT2D eigenvalue weighted by Crippen LogP contribution is -2.37. The van der Waals surface area contributed by atoms with E-state index in [-0.39, 0.29) is 6.10 Å². The van der Waals surface area contributed by atoms with Gasteiger partial charge in [0.15, 0.2) is 9.84 Å². The average Bonchev–Trinajstić information content (AvgIpc) is 2.55. The number of hydrogen-bond acceptors (Lipinski definition) is 3. The van der Waals surface area contributed by atoms with E-state index in [4.69, 9.17) is 4.74 Å². The summed E-state index contributed by atoms with van der Waals surface area (Å²) in [5.41, 5.74) is 1.35. The van der Waals surface area contributed by atoms with Gasteiger partial charge in [0.2, 0.25) is 0 Å². The monoisotopic (exact) mass is 322 g/mol. The van der Waals surface area contributed by atoms with E-state index in [2.05, 4.69) is 6.92 Å². The Hall–Kier alpha value is -1.13. The third-order valence-electron chi connectivity index (χ3n) is 4.36. The second kappa shape index (κ2) is 7.93. The smallest absolute Gasteiger partial charge is 0.184 e. The van der Waals surface area contributed by atoms with Crippen molar-refractivity contribution >= 4 is 9.84 Å². The van der Waals surface area contributed by atoms with E-state index in [0.717, 1.165) is 12.8 Å². The van der Waals surface area contributed by atoms with Gasteiger partial charge in [-0.05, 0) is 37.8 Å². The molecule has 0 amide bonds. The molecule has 0 fully saturated rings. The normalized spacial score (nSPS) is 22.4. The molecule has 2 rings (SSSR count). The van der Waals surface area contributed by atoms with E-state index in [1.54, 1.807) is 31.4 Å². The van der Waals surface area contributed by atoms with Crippen LogP contribution < -0.4 is 0 Å². The molecule has 0 radical (unpaired) electrons. The van der Waals surface area contributed by atoms with Gasteiger partial charge in [-0.25, -0.2) is 8.42 Å². The van der Waals surface area contributed by atoms with Gasteiger partial charge >= 0.3 is 0 Å². The van der Waals surface area contributed by atoms with E-state index < -0.39 is 15.1 Å². The zero-order valence-electron chi connectivity index (χ0n) is 13.5. The maximum atomic E-state index is 12.8. The Morgan fingerprint density at radius 2 is 1.91 bits per heavy atom. The van der Waals surface area contributed by atoms with Crippen molar-refractivity contribution in [3.05, 3.63) is 42.0 Å². The van der Waals surface area contributed by atoms with Gasteiger partial charge in [-0.3, -0.25) is 0 Å². The van der Waals surface area contributed by atoms with Crippen molar-refractivity contribution in [1.29, 1.82) is 0 Å². The van der Waals surface area contributed by atoms with Gasteiger partial charge in [0.1, 0.15) is 0 Å². The van der Waals surface area contributed by atoms with Crippen LogP contribution in [0.3, 0.4) is 0 Å². The van der Waals surface area contributed by atoms with Crippen LogP contribution >= 0.6 is 0 Å². The molecule has 0 bridgehead atoms. The number of methoxy groups -OCH3 is 1. The van der Waals surface area contributed by atoms with Crippen molar-refractivity contribution in [3.63, 3.8) is 0 Å². The highest BCUT2D eigenvalue weighted by Gasteiger charge is 2.36. The Morgan fingerprint density at radius 3 is 2.55 bits per heavy atom. The third kappa shape index (κ3) is 3.99. The van der Waals surface area contributed by atoms with Crippen LogP contribution in [0.4, 0.5) is 0 Å². The van der Waals surface area contributed by atoms with Gasteiger partial charge in [-0.2, -0.15) is 0 Å². The van der Waals surface area contributed by atoms with Crippen LogP contribution in [0.1, 0.15) is 45.4 Å². The van der Waals surface area contributed by atoms with E-state index in [0.29, 0.717) is 11.3 Å². The maximum absolute atomic E-state index is 12.8. The Labute approximate surface area is 134 Å². The number of benzene rings is 1. The van der Waals surface area contributed by atoms with Crippen LogP contribution in [-0.4, -0.2) is 26.9 Å². The number of hydrogen-bond donors (Lipinski definition) is 0. The summed E-state index contributed by atoms with van der Waals surface area (Å²) in [5.74, 6) is 0. The fourth-order valence-corrected chi connectivity index (χ4v) is 4.92. The Kier molecular flexibility index (Phi) is 6.21. The molecule has 0 aliphatic heterocycles. The lowest BCUT2D eigenvalue weighted by molar-refractivity contribution is 0.128. The molecule has 0 heterocycles. The van der Waals surface area contributed by atoms with Gasteiger partial charge < -0.3 is 4.74 Å². The summed E-state index contributed by atoms with van der Waals surface area (Å²) >= 11 is 0. The van der Waals surface area contributed by atoms with Crippen LogP contribution in [-0.2, 0) is 14.6 Å². The van der Waals surface area contributed by atoms with E-state index >= 15 is 0 Å². The molecule has 22 heavy (non-hydrogen) atoms. The molecule has 1 aliphatic carbocycles. The number of unbranched alkanes of at least 4 members (excludes halogenated alkanes) is 2. The summed E-state index contributed by atoms with van der Waals surface area (Å²) in [5, 5.41) is -0.477. The number of allylic oxidation sites excluding steroid dienone is 1. The molecule has 0 saturated carbocycles. The first-order valence-electron chi connectivity index (χ1n) is 8.11. The standard InChI is InChI=1S/C18H26O3S/c1-3-4-6-9-15-12-13-18(17(14-15)21-2)22(19,20)16-10-7-5-8-11-16/h5,7-8,10-11,14,17-18H,3-4,6,9,12-13H2,1-2H3/t17-,18+/m0/s1.